The molecule has 0 radical (unpaired) electrons. The predicted octanol–water partition coefficient (Wildman–Crippen LogP) is 5.62. The van der Waals surface area contributed by atoms with Gasteiger partial charge in [-0.15, -0.1) is 0 Å². The first-order valence-electron chi connectivity index (χ1n) is 7.87. The van der Waals surface area contributed by atoms with Crippen LogP contribution in [0.3, 0.4) is 0 Å². The molecular formula is C20H20BrNO2. The minimum atomic E-state index is 0.542. The Balaban J connectivity index is 2.50. The highest BCUT2D eigenvalue weighted by molar-refractivity contribution is 9.10. The van der Waals surface area contributed by atoms with Gasteiger partial charge >= 0.3 is 0 Å². The lowest BCUT2D eigenvalue weighted by atomic mass is 10.0. The molecule has 0 aliphatic rings. The molecule has 0 spiro atoms. The Hall–Kier alpha value is -2.25. The molecule has 0 heterocycles. The number of hydrogen-bond donors (Lipinski definition) is 0. The Kier molecular flexibility index (Phi) is 6.45. The van der Waals surface area contributed by atoms with Crippen LogP contribution in [0.4, 0.5) is 0 Å². The van der Waals surface area contributed by atoms with Gasteiger partial charge in [0.2, 0.25) is 0 Å². The third kappa shape index (κ3) is 4.39. The van der Waals surface area contributed by atoms with Crippen LogP contribution in [0.25, 0.3) is 11.6 Å². The monoisotopic (exact) mass is 385 g/mol. The molecule has 0 bridgehead atoms. The molecule has 0 saturated carbocycles. The van der Waals surface area contributed by atoms with Crippen molar-refractivity contribution >= 4 is 27.6 Å². The van der Waals surface area contributed by atoms with Gasteiger partial charge in [0.1, 0.15) is 11.5 Å². The highest BCUT2D eigenvalue weighted by atomic mass is 79.9. The van der Waals surface area contributed by atoms with Gasteiger partial charge in [0.05, 0.1) is 29.3 Å². The van der Waals surface area contributed by atoms with Gasteiger partial charge in [-0.1, -0.05) is 29.8 Å². The van der Waals surface area contributed by atoms with E-state index in [9.17, 15) is 5.26 Å². The van der Waals surface area contributed by atoms with Gasteiger partial charge in [0.15, 0.2) is 0 Å². The third-order valence-corrected chi connectivity index (χ3v) is 4.07. The van der Waals surface area contributed by atoms with E-state index in [2.05, 4.69) is 22.0 Å². The molecule has 2 aromatic carbocycles. The zero-order valence-electron chi connectivity index (χ0n) is 14.1. The van der Waals surface area contributed by atoms with Crippen molar-refractivity contribution in [3.8, 4) is 17.6 Å². The lowest BCUT2D eigenvalue weighted by molar-refractivity contribution is 0.321. The van der Waals surface area contributed by atoms with E-state index in [1.54, 1.807) is 0 Å². The van der Waals surface area contributed by atoms with Crippen molar-refractivity contribution in [3.63, 3.8) is 0 Å². The van der Waals surface area contributed by atoms with Crippen LogP contribution in [-0.4, -0.2) is 13.2 Å². The standard InChI is InChI=1S/C20H20BrNO2/c1-4-23-19-12-20(24-5-2)18(21)11-16(19)10-17(13-22)15-8-6-14(3)7-9-15/h6-12H,4-5H2,1-3H3/b17-10-. The third-order valence-electron chi connectivity index (χ3n) is 3.45. The number of nitrogens with zero attached hydrogens (tertiary/aromatic N) is 1. The van der Waals surface area contributed by atoms with Crippen molar-refractivity contribution in [1.82, 2.24) is 0 Å². The smallest absolute Gasteiger partial charge is 0.137 e. The van der Waals surface area contributed by atoms with Crippen molar-refractivity contribution < 1.29 is 9.47 Å². The fraction of sp³-hybridized carbons (Fsp3) is 0.250. The molecule has 0 atom stereocenters. The molecule has 24 heavy (non-hydrogen) atoms. The second-order valence-corrected chi connectivity index (χ2v) is 6.08. The van der Waals surface area contributed by atoms with Crippen LogP contribution in [0.15, 0.2) is 40.9 Å². The quantitative estimate of drug-likeness (QED) is 0.478. The largest absolute Gasteiger partial charge is 0.493 e. The molecule has 124 valence electrons. The minimum Gasteiger partial charge on any atom is -0.493 e. The maximum atomic E-state index is 9.54. The molecule has 0 N–H and O–H groups in total. The molecule has 3 nitrogen and oxygen atoms in total. The summed E-state index contributed by atoms with van der Waals surface area (Å²) >= 11 is 3.52. The molecule has 0 saturated heterocycles. The van der Waals surface area contributed by atoms with Crippen LogP contribution in [0.2, 0.25) is 0 Å². The fourth-order valence-corrected chi connectivity index (χ4v) is 2.75. The summed E-state index contributed by atoms with van der Waals surface area (Å²) in [5.74, 6) is 1.43. The second kappa shape index (κ2) is 8.56. The summed E-state index contributed by atoms with van der Waals surface area (Å²) in [5.41, 5.74) is 3.47. The van der Waals surface area contributed by atoms with E-state index >= 15 is 0 Å². The number of ether oxygens (including phenoxy) is 2. The number of allylic oxidation sites excluding steroid dienone is 1. The van der Waals surface area contributed by atoms with E-state index in [4.69, 9.17) is 9.47 Å². The van der Waals surface area contributed by atoms with E-state index in [0.29, 0.717) is 24.5 Å². The molecule has 0 unspecified atom stereocenters. The number of rotatable bonds is 6. The van der Waals surface area contributed by atoms with Crippen molar-refractivity contribution in [1.29, 1.82) is 5.26 Å². The van der Waals surface area contributed by atoms with Gasteiger partial charge < -0.3 is 9.47 Å². The van der Waals surface area contributed by atoms with E-state index in [-0.39, 0.29) is 0 Å². The van der Waals surface area contributed by atoms with E-state index < -0.39 is 0 Å². The van der Waals surface area contributed by atoms with Crippen LogP contribution in [0.5, 0.6) is 11.5 Å². The van der Waals surface area contributed by atoms with Gasteiger partial charge in [-0.05, 0) is 54.4 Å². The zero-order valence-corrected chi connectivity index (χ0v) is 15.7. The summed E-state index contributed by atoms with van der Waals surface area (Å²) in [6, 6.07) is 13.9. The van der Waals surface area contributed by atoms with Crippen LogP contribution in [0.1, 0.15) is 30.5 Å². The van der Waals surface area contributed by atoms with Crippen LogP contribution < -0.4 is 9.47 Å². The van der Waals surface area contributed by atoms with Crippen molar-refractivity contribution in [2.75, 3.05) is 13.2 Å². The van der Waals surface area contributed by atoms with Crippen molar-refractivity contribution in [3.05, 3.63) is 57.6 Å². The number of benzene rings is 2. The molecule has 0 aromatic heterocycles. The summed E-state index contributed by atoms with van der Waals surface area (Å²) in [7, 11) is 0. The minimum absolute atomic E-state index is 0.542. The van der Waals surface area contributed by atoms with Gasteiger partial charge in [-0.25, -0.2) is 0 Å². The second-order valence-electron chi connectivity index (χ2n) is 5.22. The lowest BCUT2D eigenvalue weighted by Crippen LogP contribution is -1.98. The Bertz CT molecular complexity index is 773. The fourth-order valence-electron chi connectivity index (χ4n) is 2.28. The Labute approximate surface area is 151 Å². The van der Waals surface area contributed by atoms with Gasteiger partial charge in [-0.3, -0.25) is 0 Å². The first-order chi connectivity index (χ1) is 11.6. The summed E-state index contributed by atoms with van der Waals surface area (Å²) < 4.78 is 12.2. The molecular weight excluding hydrogens is 366 g/mol. The summed E-state index contributed by atoms with van der Waals surface area (Å²) in [6.07, 6.45) is 1.84. The van der Waals surface area contributed by atoms with Gasteiger partial charge in [-0.2, -0.15) is 5.26 Å². The number of halogens is 1. The maximum absolute atomic E-state index is 9.54. The van der Waals surface area contributed by atoms with Crippen LogP contribution in [-0.2, 0) is 0 Å². The molecule has 0 fully saturated rings. The molecule has 0 amide bonds. The first kappa shape index (κ1) is 18.1. The van der Waals surface area contributed by atoms with Gasteiger partial charge in [0.25, 0.3) is 0 Å². The summed E-state index contributed by atoms with van der Waals surface area (Å²) in [4.78, 5) is 0. The van der Waals surface area contributed by atoms with Crippen molar-refractivity contribution in [2.24, 2.45) is 0 Å². The normalized spacial score (nSPS) is 11.0. The highest BCUT2D eigenvalue weighted by Crippen LogP contribution is 2.35. The number of nitriles is 1. The van der Waals surface area contributed by atoms with Gasteiger partial charge in [0, 0.05) is 11.6 Å². The van der Waals surface area contributed by atoms with Crippen LogP contribution >= 0.6 is 15.9 Å². The Morgan fingerprint density at radius 3 is 2.29 bits per heavy atom. The Morgan fingerprint density at radius 2 is 1.71 bits per heavy atom. The predicted molar refractivity (Wildman–Crippen MR) is 101 cm³/mol. The van der Waals surface area contributed by atoms with Crippen molar-refractivity contribution in [2.45, 2.75) is 20.8 Å². The van der Waals surface area contributed by atoms with E-state index in [0.717, 1.165) is 26.9 Å². The topological polar surface area (TPSA) is 42.2 Å². The molecule has 2 aromatic rings. The molecule has 0 aliphatic carbocycles. The zero-order chi connectivity index (χ0) is 17.5. The highest BCUT2D eigenvalue weighted by Gasteiger charge is 2.11. The number of aryl methyl sites for hydroxylation is 1. The average molecular weight is 386 g/mol. The van der Waals surface area contributed by atoms with E-state index in [1.807, 2.05) is 63.2 Å². The molecule has 4 heteroatoms. The van der Waals surface area contributed by atoms with Crippen LogP contribution in [0, 0.1) is 18.3 Å². The summed E-state index contributed by atoms with van der Waals surface area (Å²) in [5, 5.41) is 9.54. The summed E-state index contributed by atoms with van der Waals surface area (Å²) in [6.45, 7) is 7.01. The molecule has 0 aliphatic heterocycles. The maximum Gasteiger partial charge on any atom is 0.137 e. The average Bonchev–Trinajstić information content (AvgIpc) is 2.57. The SMILES string of the molecule is CCOc1cc(OCC)c(/C=C(/C#N)c2ccc(C)cc2)cc1Br. The Morgan fingerprint density at radius 1 is 1.08 bits per heavy atom. The molecule has 2 rings (SSSR count). The number of hydrogen-bond acceptors (Lipinski definition) is 3. The first-order valence-corrected chi connectivity index (χ1v) is 8.66. The lowest BCUT2D eigenvalue weighted by Gasteiger charge is -2.13. The van der Waals surface area contributed by atoms with E-state index in [1.165, 1.54) is 0 Å².